The Morgan fingerprint density at radius 1 is 1.18 bits per heavy atom. The quantitative estimate of drug-likeness (QED) is 0.688. The van der Waals surface area contributed by atoms with Crippen LogP contribution in [-0.2, 0) is 4.79 Å². The lowest BCUT2D eigenvalue weighted by atomic mass is 9.98. The third-order valence-corrected chi connectivity index (χ3v) is 4.83. The van der Waals surface area contributed by atoms with E-state index in [0.717, 1.165) is 28.9 Å². The summed E-state index contributed by atoms with van der Waals surface area (Å²) >= 11 is 0. The molecule has 3 rings (SSSR count). The summed E-state index contributed by atoms with van der Waals surface area (Å²) in [6, 6.07) is 4.99. The van der Waals surface area contributed by atoms with Crippen LogP contribution in [-0.4, -0.2) is 34.7 Å². The summed E-state index contributed by atoms with van der Waals surface area (Å²) in [4.78, 5) is 38.1. The predicted octanol–water partition coefficient (Wildman–Crippen LogP) is 2.35. The summed E-state index contributed by atoms with van der Waals surface area (Å²) in [5.74, 6) is -0.450. The van der Waals surface area contributed by atoms with E-state index >= 15 is 0 Å². The van der Waals surface area contributed by atoms with Gasteiger partial charge in [-0.05, 0) is 43.9 Å². The van der Waals surface area contributed by atoms with E-state index in [0.29, 0.717) is 18.4 Å². The van der Waals surface area contributed by atoms with Gasteiger partial charge in [-0.3, -0.25) is 14.5 Å². The number of carbonyl (C=O) groups excluding carboxylic acids is 3. The number of nitrogens with one attached hydrogen (secondary N) is 1. The molecule has 0 unspecified atom stereocenters. The van der Waals surface area contributed by atoms with Gasteiger partial charge in [0.15, 0.2) is 5.78 Å². The molecule has 1 saturated heterocycles. The molecule has 0 atom stereocenters. The number of amides is 3. The summed E-state index contributed by atoms with van der Waals surface area (Å²) in [5, 5.41) is 2.79. The molecule has 3 amide bonds. The smallest absolute Gasteiger partial charge is 0.323 e. The first kappa shape index (κ1) is 14.8. The third kappa shape index (κ3) is 2.30. The van der Waals surface area contributed by atoms with Gasteiger partial charge < -0.3 is 5.32 Å². The Morgan fingerprint density at radius 2 is 1.86 bits per heavy atom. The van der Waals surface area contributed by atoms with E-state index in [9.17, 15) is 14.4 Å². The van der Waals surface area contributed by atoms with Crippen molar-refractivity contribution in [3.05, 3.63) is 34.9 Å². The summed E-state index contributed by atoms with van der Waals surface area (Å²) in [5.41, 5.74) is 1.92. The van der Waals surface area contributed by atoms with Crippen molar-refractivity contribution in [2.75, 3.05) is 6.54 Å². The molecule has 5 nitrogen and oxygen atoms in total. The molecule has 22 heavy (non-hydrogen) atoms. The van der Waals surface area contributed by atoms with Crippen LogP contribution in [0.3, 0.4) is 0 Å². The first-order valence-electron chi connectivity index (χ1n) is 7.67. The number of imide groups is 1. The molecule has 1 spiro atoms. The molecule has 1 N–H and O–H groups in total. The highest BCUT2D eigenvalue weighted by molar-refractivity contribution is 6.11. The van der Waals surface area contributed by atoms with Gasteiger partial charge in [0.1, 0.15) is 5.54 Å². The molecule has 2 aliphatic rings. The van der Waals surface area contributed by atoms with Gasteiger partial charge in [-0.1, -0.05) is 25.0 Å². The van der Waals surface area contributed by atoms with E-state index in [4.69, 9.17) is 0 Å². The minimum absolute atomic E-state index is 0.186. The van der Waals surface area contributed by atoms with E-state index in [1.807, 2.05) is 26.0 Å². The maximum Gasteiger partial charge on any atom is 0.325 e. The Balaban J connectivity index is 1.77. The highest BCUT2D eigenvalue weighted by Crippen LogP contribution is 2.35. The maximum absolute atomic E-state index is 12.5. The molecule has 1 aromatic rings. The first-order chi connectivity index (χ1) is 10.4. The van der Waals surface area contributed by atoms with Gasteiger partial charge in [0.05, 0.1) is 6.54 Å². The normalized spacial score (nSPS) is 19.8. The van der Waals surface area contributed by atoms with Crippen LogP contribution < -0.4 is 5.32 Å². The molecule has 1 aromatic carbocycles. The Morgan fingerprint density at radius 3 is 2.50 bits per heavy atom. The SMILES string of the molecule is Cc1ccc(C(=O)CN2C(=O)NC3(CCCC3)C2=O)cc1C. The van der Waals surface area contributed by atoms with Crippen molar-refractivity contribution < 1.29 is 14.4 Å². The number of hydrogen-bond acceptors (Lipinski definition) is 3. The van der Waals surface area contributed by atoms with Crippen molar-refractivity contribution in [2.24, 2.45) is 0 Å². The zero-order valence-corrected chi connectivity index (χ0v) is 12.9. The minimum Gasteiger partial charge on any atom is -0.323 e. The first-order valence-corrected chi connectivity index (χ1v) is 7.67. The summed E-state index contributed by atoms with van der Waals surface area (Å²) in [6.45, 7) is 3.73. The number of rotatable bonds is 3. The van der Waals surface area contributed by atoms with Crippen LogP contribution in [0.25, 0.3) is 0 Å². The molecule has 0 radical (unpaired) electrons. The molecule has 0 bridgehead atoms. The number of benzene rings is 1. The molecular weight excluding hydrogens is 280 g/mol. The lowest BCUT2D eigenvalue weighted by Gasteiger charge is -2.19. The van der Waals surface area contributed by atoms with Gasteiger partial charge >= 0.3 is 6.03 Å². The average Bonchev–Trinajstić information content (AvgIpc) is 3.03. The van der Waals surface area contributed by atoms with Gasteiger partial charge in [-0.25, -0.2) is 4.79 Å². The number of hydrogen-bond donors (Lipinski definition) is 1. The van der Waals surface area contributed by atoms with Gasteiger partial charge in [0.2, 0.25) is 0 Å². The van der Waals surface area contributed by atoms with Crippen LogP contribution in [0.1, 0.15) is 47.2 Å². The van der Waals surface area contributed by atoms with Crippen molar-refractivity contribution in [1.29, 1.82) is 0 Å². The highest BCUT2D eigenvalue weighted by Gasteiger charge is 2.52. The van der Waals surface area contributed by atoms with Crippen molar-refractivity contribution in [1.82, 2.24) is 10.2 Å². The summed E-state index contributed by atoms with van der Waals surface area (Å²) in [7, 11) is 0. The Labute approximate surface area is 129 Å². The van der Waals surface area contributed by atoms with Gasteiger partial charge in [-0.2, -0.15) is 0 Å². The predicted molar refractivity (Wildman–Crippen MR) is 81.7 cm³/mol. The highest BCUT2D eigenvalue weighted by atomic mass is 16.2. The van der Waals surface area contributed by atoms with Crippen molar-refractivity contribution in [3.63, 3.8) is 0 Å². The van der Waals surface area contributed by atoms with E-state index in [1.165, 1.54) is 0 Å². The second kappa shape index (κ2) is 5.23. The van der Waals surface area contributed by atoms with Crippen LogP contribution >= 0.6 is 0 Å². The fourth-order valence-electron chi connectivity index (χ4n) is 3.29. The number of carbonyl (C=O) groups is 3. The average molecular weight is 300 g/mol. The molecule has 5 heteroatoms. The van der Waals surface area contributed by atoms with Gasteiger partial charge in [0, 0.05) is 5.56 Å². The largest absolute Gasteiger partial charge is 0.325 e. The zero-order chi connectivity index (χ0) is 15.9. The molecule has 1 heterocycles. The fourth-order valence-corrected chi connectivity index (χ4v) is 3.29. The molecule has 0 aromatic heterocycles. The fraction of sp³-hybridized carbons (Fsp3) is 0.471. The third-order valence-electron chi connectivity index (χ3n) is 4.83. The number of nitrogens with zero attached hydrogens (tertiary/aromatic N) is 1. The molecular formula is C17H20N2O3. The zero-order valence-electron chi connectivity index (χ0n) is 12.9. The Hall–Kier alpha value is -2.17. The minimum atomic E-state index is -0.749. The Kier molecular flexibility index (Phi) is 3.51. The van der Waals surface area contributed by atoms with Crippen molar-refractivity contribution in [3.8, 4) is 0 Å². The lowest BCUT2D eigenvalue weighted by Crippen LogP contribution is -2.44. The lowest BCUT2D eigenvalue weighted by molar-refractivity contribution is -0.130. The number of aryl methyl sites for hydroxylation is 2. The topological polar surface area (TPSA) is 66.5 Å². The summed E-state index contributed by atoms with van der Waals surface area (Å²) in [6.07, 6.45) is 3.22. The van der Waals surface area contributed by atoms with Crippen molar-refractivity contribution >= 4 is 17.7 Å². The number of Topliss-reactive ketones (excluding diaryl/α,β-unsaturated/α-hetero) is 1. The molecule has 2 fully saturated rings. The van der Waals surface area contributed by atoms with Crippen LogP contribution in [0.15, 0.2) is 18.2 Å². The van der Waals surface area contributed by atoms with Crippen LogP contribution in [0.2, 0.25) is 0 Å². The second-order valence-electron chi connectivity index (χ2n) is 6.33. The second-order valence-corrected chi connectivity index (χ2v) is 6.33. The van der Waals surface area contributed by atoms with E-state index < -0.39 is 11.6 Å². The van der Waals surface area contributed by atoms with Crippen LogP contribution in [0, 0.1) is 13.8 Å². The van der Waals surface area contributed by atoms with E-state index in [-0.39, 0.29) is 18.2 Å². The van der Waals surface area contributed by atoms with E-state index in [1.54, 1.807) is 6.07 Å². The number of urea groups is 1. The van der Waals surface area contributed by atoms with Crippen LogP contribution in [0.4, 0.5) is 4.79 Å². The Bertz CT molecular complexity index is 660. The molecule has 1 aliphatic heterocycles. The standard InChI is InChI=1S/C17H20N2O3/c1-11-5-6-13(9-12(11)2)14(20)10-19-15(21)17(18-16(19)22)7-3-4-8-17/h5-6,9H,3-4,7-8,10H2,1-2H3,(H,18,22). The van der Waals surface area contributed by atoms with E-state index in [2.05, 4.69) is 5.32 Å². The van der Waals surface area contributed by atoms with Crippen molar-refractivity contribution in [2.45, 2.75) is 45.1 Å². The molecule has 116 valence electrons. The van der Waals surface area contributed by atoms with Gasteiger partial charge in [-0.15, -0.1) is 0 Å². The van der Waals surface area contributed by atoms with Gasteiger partial charge in [0.25, 0.3) is 5.91 Å². The number of ketones is 1. The maximum atomic E-state index is 12.5. The summed E-state index contributed by atoms with van der Waals surface area (Å²) < 4.78 is 0. The molecule has 1 aliphatic carbocycles. The monoisotopic (exact) mass is 300 g/mol. The molecule has 1 saturated carbocycles. The van der Waals surface area contributed by atoms with Crippen LogP contribution in [0.5, 0.6) is 0 Å².